The van der Waals surface area contributed by atoms with E-state index in [2.05, 4.69) is 33.2 Å². The molecule has 1 amide bonds. The summed E-state index contributed by atoms with van der Waals surface area (Å²) in [5, 5.41) is 6.03. The van der Waals surface area contributed by atoms with Crippen molar-refractivity contribution in [3.05, 3.63) is 60.3 Å². The molecule has 0 bridgehead atoms. The predicted octanol–water partition coefficient (Wildman–Crippen LogP) is 4.30. The summed E-state index contributed by atoms with van der Waals surface area (Å²) in [6.45, 7) is 0.733. The summed E-state index contributed by atoms with van der Waals surface area (Å²) in [6, 6.07) is 15.4. The summed E-state index contributed by atoms with van der Waals surface area (Å²) in [5.74, 6) is 0.773. The van der Waals surface area contributed by atoms with Crippen molar-refractivity contribution < 1.29 is 9.53 Å². The van der Waals surface area contributed by atoms with Crippen LogP contribution in [0.15, 0.2) is 54.7 Å². The van der Waals surface area contributed by atoms with Crippen molar-refractivity contribution in [2.45, 2.75) is 6.42 Å². The van der Waals surface area contributed by atoms with Crippen LogP contribution in [0.25, 0.3) is 5.57 Å². The number of halogens is 1. The fraction of sp³-hybridized carbons (Fsp3) is 0.167. The molecule has 2 aromatic carbocycles. The van der Waals surface area contributed by atoms with Crippen LogP contribution in [0.3, 0.4) is 0 Å². The maximum atomic E-state index is 12.0. The van der Waals surface area contributed by atoms with E-state index in [9.17, 15) is 4.79 Å². The van der Waals surface area contributed by atoms with E-state index in [0.717, 1.165) is 40.1 Å². The van der Waals surface area contributed by atoms with Crippen LogP contribution in [-0.2, 0) is 4.79 Å². The number of amides is 1. The summed E-state index contributed by atoms with van der Waals surface area (Å²) in [5.41, 5.74) is 3.33. The number of anilines is 2. The van der Waals surface area contributed by atoms with Crippen LogP contribution in [0, 0.1) is 0 Å². The Morgan fingerprint density at radius 1 is 1.13 bits per heavy atom. The van der Waals surface area contributed by atoms with Gasteiger partial charge in [0.15, 0.2) is 0 Å². The SMILES string of the molecule is O=C1Nc2ccccc2C1=CNc1ccc(OCCCI)cc1. The van der Waals surface area contributed by atoms with Crippen LogP contribution in [0.1, 0.15) is 12.0 Å². The van der Waals surface area contributed by atoms with Gasteiger partial charge in [-0.25, -0.2) is 0 Å². The summed E-state index contributed by atoms with van der Waals surface area (Å²) in [4.78, 5) is 12.0. The van der Waals surface area contributed by atoms with Crippen LogP contribution in [0.4, 0.5) is 11.4 Å². The van der Waals surface area contributed by atoms with E-state index in [0.29, 0.717) is 5.57 Å². The standard InChI is InChI=1S/C18H17IN2O2/c19-10-3-11-23-14-8-6-13(7-9-14)20-12-16-15-4-1-2-5-17(15)21-18(16)22/h1-2,4-9,12,20H,3,10-11H2,(H,21,22). The van der Waals surface area contributed by atoms with Gasteiger partial charge in [0.25, 0.3) is 5.91 Å². The van der Waals surface area contributed by atoms with Crippen LogP contribution >= 0.6 is 22.6 Å². The molecule has 1 aliphatic heterocycles. The fourth-order valence-electron chi connectivity index (χ4n) is 2.33. The molecule has 2 N–H and O–H groups in total. The molecule has 2 aromatic rings. The third kappa shape index (κ3) is 3.85. The van der Waals surface area contributed by atoms with E-state index in [1.807, 2.05) is 48.5 Å². The van der Waals surface area contributed by atoms with Gasteiger partial charge in [-0.15, -0.1) is 0 Å². The number of rotatable bonds is 6. The van der Waals surface area contributed by atoms with Crippen LogP contribution in [-0.4, -0.2) is 16.9 Å². The Balaban J connectivity index is 1.67. The molecule has 0 saturated carbocycles. The minimum absolute atomic E-state index is 0.0857. The third-order valence-electron chi connectivity index (χ3n) is 3.49. The molecule has 0 aromatic heterocycles. The van der Waals surface area contributed by atoms with E-state index in [1.54, 1.807) is 6.20 Å². The minimum Gasteiger partial charge on any atom is -0.494 e. The topological polar surface area (TPSA) is 50.4 Å². The molecule has 0 radical (unpaired) electrons. The zero-order valence-electron chi connectivity index (χ0n) is 12.5. The van der Waals surface area contributed by atoms with Gasteiger partial charge < -0.3 is 15.4 Å². The number of alkyl halides is 1. The monoisotopic (exact) mass is 420 g/mol. The lowest BCUT2D eigenvalue weighted by molar-refractivity contribution is -0.110. The molecule has 0 fully saturated rings. The number of carbonyl (C=O) groups is 1. The van der Waals surface area contributed by atoms with E-state index < -0.39 is 0 Å². The van der Waals surface area contributed by atoms with Gasteiger partial charge in [-0.3, -0.25) is 4.79 Å². The number of nitrogens with one attached hydrogen (secondary N) is 2. The predicted molar refractivity (Wildman–Crippen MR) is 102 cm³/mol. The molecule has 1 aliphatic rings. The Morgan fingerprint density at radius 2 is 1.91 bits per heavy atom. The minimum atomic E-state index is -0.0857. The molecule has 4 nitrogen and oxygen atoms in total. The number of para-hydroxylation sites is 1. The van der Waals surface area contributed by atoms with Crippen molar-refractivity contribution in [1.82, 2.24) is 0 Å². The summed E-state index contributed by atoms with van der Waals surface area (Å²) in [6.07, 6.45) is 2.79. The number of fused-ring (bicyclic) bond motifs is 1. The Hall–Kier alpha value is -2.02. The van der Waals surface area contributed by atoms with Gasteiger partial charge in [-0.2, -0.15) is 0 Å². The molecule has 0 saturated heterocycles. The maximum Gasteiger partial charge on any atom is 0.257 e. The Labute approximate surface area is 149 Å². The molecule has 0 unspecified atom stereocenters. The first-order chi connectivity index (χ1) is 11.3. The van der Waals surface area contributed by atoms with Crippen molar-refractivity contribution in [3.63, 3.8) is 0 Å². The largest absolute Gasteiger partial charge is 0.494 e. The second kappa shape index (κ2) is 7.50. The summed E-state index contributed by atoms with van der Waals surface area (Å²) in [7, 11) is 0. The van der Waals surface area contributed by atoms with E-state index in [4.69, 9.17) is 4.74 Å². The highest BCUT2D eigenvalue weighted by atomic mass is 127. The molecular formula is C18H17IN2O2. The van der Waals surface area contributed by atoms with Crippen molar-refractivity contribution in [3.8, 4) is 5.75 Å². The van der Waals surface area contributed by atoms with E-state index in [-0.39, 0.29) is 5.91 Å². The molecule has 23 heavy (non-hydrogen) atoms. The molecular weight excluding hydrogens is 403 g/mol. The molecule has 118 valence electrons. The molecule has 0 atom stereocenters. The van der Waals surface area contributed by atoms with E-state index in [1.165, 1.54) is 0 Å². The third-order valence-corrected chi connectivity index (χ3v) is 4.26. The fourth-order valence-corrected chi connectivity index (χ4v) is 2.64. The van der Waals surface area contributed by atoms with Crippen LogP contribution in [0.5, 0.6) is 5.75 Å². The quantitative estimate of drug-likeness (QED) is 0.317. The van der Waals surface area contributed by atoms with Gasteiger partial charge in [-0.1, -0.05) is 40.8 Å². The first-order valence-electron chi connectivity index (χ1n) is 7.44. The average Bonchev–Trinajstić information content (AvgIpc) is 2.90. The van der Waals surface area contributed by atoms with E-state index >= 15 is 0 Å². The highest BCUT2D eigenvalue weighted by Crippen LogP contribution is 2.31. The van der Waals surface area contributed by atoms with Crippen molar-refractivity contribution in [2.75, 3.05) is 21.7 Å². The normalized spacial score (nSPS) is 14.5. The number of hydrogen-bond acceptors (Lipinski definition) is 3. The molecule has 1 heterocycles. The maximum absolute atomic E-state index is 12.0. The van der Waals surface area contributed by atoms with Crippen LogP contribution in [0.2, 0.25) is 0 Å². The highest BCUT2D eigenvalue weighted by Gasteiger charge is 2.23. The number of benzene rings is 2. The lowest BCUT2D eigenvalue weighted by atomic mass is 10.1. The van der Waals surface area contributed by atoms with Gasteiger partial charge in [0.2, 0.25) is 0 Å². The van der Waals surface area contributed by atoms with Crippen LogP contribution < -0.4 is 15.4 Å². The second-order valence-electron chi connectivity index (χ2n) is 5.12. The lowest BCUT2D eigenvalue weighted by Crippen LogP contribution is -2.05. The van der Waals surface area contributed by atoms with Crippen molar-refractivity contribution >= 4 is 45.4 Å². The first kappa shape index (κ1) is 15.9. The second-order valence-corrected chi connectivity index (χ2v) is 6.20. The average molecular weight is 420 g/mol. The summed E-state index contributed by atoms with van der Waals surface area (Å²) < 4.78 is 6.72. The number of ether oxygens (including phenoxy) is 1. The number of carbonyl (C=O) groups excluding carboxylic acids is 1. The van der Waals surface area contributed by atoms with Gasteiger partial charge in [0.1, 0.15) is 5.75 Å². The smallest absolute Gasteiger partial charge is 0.257 e. The van der Waals surface area contributed by atoms with Gasteiger partial charge in [-0.05, 0) is 36.8 Å². The Bertz CT molecular complexity index is 726. The highest BCUT2D eigenvalue weighted by molar-refractivity contribution is 14.1. The molecule has 0 aliphatic carbocycles. The molecule has 5 heteroatoms. The van der Waals surface area contributed by atoms with Gasteiger partial charge >= 0.3 is 0 Å². The lowest BCUT2D eigenvalue weighted by Gasteiger charge is -2.07. The summed E-state index contributed by atoms with van der Waals surface area (Å²) >= 11 is 2.34. The first-order valence-corrected chi connectivity index (χ1v) is 8.97. The molecule has 3 rings (SSSR count). The van der Waals surface area contributed by atoms with Gasteiger partial charge in [0.05, 0.1) is 12.2 Å². The number of hydrogen-bond donors (Lipinski definition) is 2. The van der Waals surface area contributed by atoms with Crippen molar-refractivity contribution in [1.29, 1.82) is 0 Å². The van der Waals surface area contributed by atoms with Crippen molar-refractivity contribution in [2.24, 2.45) is 0 Å². The zero-order valence-corrected chi connectivity index (χ0v) is 14.7. The molecule has 0 spiro atoms. The van der Waals surface area contributed by atoms with Gasteiger partial charge in [0, 0.05) is 27.6 Å². The Morgan fingerprint density at radius 3 is 2.70 bits per heavy atom. The Kier molecular flexibility index (Phi) is 5.17. The zero-order chi connectivity index (χ0) is 16.1.